The van der Waals surface area contributed by atoms with Crippen LogP contribution in [0.1, 0.15) is 367 Å². The maximum atomic E-state index is 12.5. The summed E-state index contributed by atoms with van der Waals surface area (Å²) in [6.07, 6.45) is 73.7. The Balaban J connectivity index is 3.38. The number of allylic oxidation sites excluding steroid dienone is 2. The van der Waals surface area contributed by atoms with E-state index in [-0.39, 0.29) is 18.5 Å². The third-order valence-corrected chi connectivity index (χ3v) is 15.3. The molecule has 2 unspecified atom stereocenters. The van der Waals surface area contributed by atoms with Crippen LogP contribution in [0.25, 0.3) is 0 Å². The minimum atomic E-state index is -0.665. The van der Waals surface area contributed by atoms with Crippen LogP contribution in [-0.2, 0) is 14.3 Å². The minimum absolute atomic E-state index is 0.00443. The normalized spacial score (nSPS) is 12.6. The first kappa shape index (κ1) is 69.6. The summed E-state index contributed by atoms with van der Waals surface area (Å²) in [5.74, 6) is -0.0277. The molecule has 422 valence electrons. The van der Waals surface area contributed by atoms with Crippen molar-refractivity contribution in [1.29, 1.82) is 0 Å². The van der Waals surface area contributed by atoms with Gasteiger partial charge in [0.2, 0.25) is 5.91 Å². The lowest BCUT2D eigenvalue weighted by Gasteiger charge is -2.22. The van der Waals surface area contributed by atoms with E-state index in [0.29, 0.717) is 25.9 Å². The van der Waals surface area contributed by atoms with Crippen LogP contribution in [0.3, 0.4) is 0 Å². The van der Waals surface area contributed by atoms with Gasteiger partial charge in [0.25, 0.3) is 0 Å². The van der Waals surface area contributed by atoms with Gasteiger partial charge in [-0.25, -0.2) is 0 Å². The molecule has 6 heteroatoms. The fourth-order valence-corrected chi connectivity index (χ4v) is 10.3. The van der Waals surface area contributed by atoms with Crippen molar-refractivity contribution in [2.45, 2.75) is 379 Å². The Hall–Kier alpha value is -1.40. The summed E-state index contributed by atoms with van der Waals surface area (Å²) >= 11 is 0. The molecule has 0 spiro atoms. The molecule has 0 saturated carbocycles. The molecule has 0 heterocycles. The molecule has 0 rings (SSSR count). The Morgan fingerprint density at radius 2 is 0.662 bits per heavy atom. The third kappa shape index (κ3) is 57.7. The fourth-order valence-electron chi connectivity index (χ4n) is 10.3. The lowest BCUT2D eigenvalue weighted by atomic mass is 10.0. The number of hydrogen-bond donors (Lipinski definition) is 3. The number of unbranched alkanes of at least 4 members (excludes halogenated alkanes) is 48. The molecule has 71 heavy (non-hydrogen) atoms. The van der Waals surface area contributed by atoms with Crippen molar-refractivity contribution in [3.63, 3.8) is 0 Å². The fraction of sp³-hybridized carbons (Fsp3) is 0.938. The van der Waals surface area contributed by atoms with E-state index in [0.717, 1.165) is 44.9 Å². The molecule has 0 saturated heterocycles. The van der Waals surface area contributed by atoms with Gasteiger partial charge in [0, 0.05) is 12.8 Å². The van der Waals surface area contributed by atoms with Gasteiger partial charge in [-0.2, -0.15) is 0 Å². The summed E-state index contributed by atoms with van der Waals surface area (Å²) in [7, 11) is 0. The maximum absolute atomic E-state index is 12.5. The molecule has 3 N–H and O–H groups in total. The molecule has 0 aliphatic carbocycles. The zero-order chi connectivity index (χ0) is 51.4. The van der Waals surface area contributed by atoms with Gasteiger partial charge in [0.1, 0.15) is 0 Å². The van der Waals surface area contributed by atoms with E-state index in [1.54, 1.807) is 0 Å². The molecule has 0 aliphatic rings. The van der Waals surface area contributed by atoms with Crippen LogP contribution in [0.15, 0.2) is 12.2 Å². The van der Waals surface area contributed by atoms with E-state index >= 15 is 0 Å². The lowest BCUT2D eigenvalue weighted by molar-refractivity contribution is -0.143. The van der Waals surface area contributed by atoms with Crippen LogP contribution < -0.4 is 5.32 Å². The van der Waals surface area contributed by atoms with Crippen molar-refractivity contribution < 1.29 is 24.5 Å². The van der Waals surface area contributed by atoms with Gasteiger partial charge in [0.15, 0.2) is 0 Å². The zero-order valence-corrected chi connectivity index (χ0v) is 48.2. The van der Waals surface area contributed by atoms with Crippen LogP contribution in [0.2, 0.25) is 0 Å². The number of esters is 1. The van der Waals surface area contributed by atoms with Crippen LogP contribution >= 0.6 is 0 Å². The monoisotopic (exact) mass is 1000 g/mol. The SMILES string of the molecule is CCCCCCC/C=C\CCCCCCCC(=O)OCCCCCCCCCCCCCCCCCCCCCCCC(=O)NC(CO)C(O)CCCCCCCCCCCCCCCCCCCCC. The number of aliphatic hydroxyl groups excluding tert-OH is 2. The number of nitrogens with one attached hydrogen (secondary N) is 1. The smallest absolute Gasteiger partial charge is 0.305 e. The maximum Gasteiger partial charge on any atom is 0.305 e. The first-order chi connectivity index (χ1) is 35.0. The average Bonchev–Trinajstić information content (AvgIpc) is 3.37. The quantitative estimate of drug-likeness (QED) is 0.0320. The predicted octanol–water partition coefficient (Wildman–Crippen LogP) is 20.4. The van der Waals surface area contributed by atoms with Crippen molar-refractivity contribution in [3.05, 3.63) is 12.2 Å². The summed E-state index contributed by atoms with van der Waals surface area (Å²) < 4.78 is 5.48. The second kappa shape index (κ2) is 61.1. The topological polar surface area (TPSA) is 95.9 Å². The number of aliphatic hydroxyl groups is 2. The van der Waals surface area contributed by atoms with Gasteiger partial charge in [-0.15, -0.1) is 0 Å². The Kier molecular flexibility index (Phi) is 59.9. The summed E-state index contributed by atoms with van der Waals surface area (Å²) in [6.45, 7) is 4.97. The molecular formula is C65H127NO5. The van der Waals surface area contributed by atoms with Gasteiger partial charge in [-0.1, -0.05) is 315 Å². The van der Waals surface area contributed by atoms with E-state index in [2.05, 4.69) is 31.3 Å². The number of carbonyl (C=O) groups is 2. The van der Waals surface area contributed by atoms with Crippen LogP contribution in [0.4, 0.5) is 0 Å². The van der Waals surface area contributed by atoms with E-state index in [9.17, 15) is 19.8 Å². The average molecular weight is 1000 g/mol. The van der Waals surface area contributed by atoms with E-state index in [1.165, 1.54) is 289 Å². The molecule has 0 aliphatic heterocycles. The molecule has 0 radical (unpaired) electrons. The third-order valence-electron chi connectivity index (χ3n) is 15.3. The summed E-state index contributed by atoms with van der Waals surface area (Å²) in [4.78, 5) is 24.6. The van der Waals surface area contributed by atoms with E-state index < -0.39 is 12.1 Å². The van der Waals surface area contributed by atoms with Crippen molar-refractivity contribution in [2.24, 2.45) is 0 Å². The zero-order valence-electron chi connectivity index (χ0n) is 48.2. The number of amides is 1. The highest BCUT2D eigenvalue weighted by atomic mass is 16.5. The Bertz CT molecular complexity index is 1060. The molecule has 0 bridgehead atoms. The molecular weight excluding hydrogens is 875 g/mol. The second-order valence-electron chi connectivity index (χ2n) is 22.5. The van der Waals surface area contributed by atoms with Crippen molar-refractivity contribution in [1.82, 2.24) is 5.32 Å². The molecule has 0 aromatic rings. The van der Waals surface area contributed by atoms with Gasteiger partial charge in [0.05, 0.1) is 25.4 Å². The van der Waals surface area contributed by atoms with E-state index in [4.69, 9.17) is 4.74 Å². The van der Waals surface area contributed by atoms with Gasteiger partial charge in [-0.3, -0.25) is 9.59 Å². The predicted molar refractivity (Wildman–Crippen MR) is 310 cm³/mol. The molecule has 6 nitrogen and oxygen atoms in total. The van der Waals surface area contributed by atoms with E-state index in [1.807, 2.05) is 0 Å². The highest BCUT2D eigenvalue weighted by Gasteiger charge is 2.20. The van der Waals surface area contributed by atoms with Crippen LogP contribution in [-0.4, -0.2) is 47.4 Å². The number of ether oxygens (including phenoxy) is 1. The molecule has 2 atom stereocenters. The Labute approximate surface area is 444 Å². The highest BCUT2D eigenvalue weighted by Crippen LogP contribution is 2.18. The van der Waals surface area contributed by atoms with Gasteiger partial charge in [-0.05, 0) is 51.4 Å². The highest BCUT2D eigenvalue weighted by molar-refractivity contribution is 5.76. The number of rotatable bonds is 61. The van der Waals surface area contributed by atoms with Gasteiger partial charge >= 0.3 is 5.97 Å². The first-order valence-electron chi connectivity index (χ1n) is 32.4. The Morgan fingerprint density at radius 1 is 0.380 bits per heavy atom. The standard InChI is InChI=1S/C65H127NO5/c1-3-5-7-9-11-13-15-17-19-20-24-27-30-33-37-41-45-49-53-57-63(68)62(61-67)66-64(69)58-54-50-46-42-38-34-31-28-25-22-21-23-26-29-32-36-40-44-48-52-56-60-71-65(70)59-55-51-47-43-39-35-18-16-14-12-10-8-6-4-2/h16,18,62-63,67-68H,3-15,17,19-61H2,1-2H3,(H,66,69)/b18-16-. The second-order valence-corrected chi connectivity index (χ2v) is 22.5. The number of hydrogen-bond acceptors (Lipinski definition) is 5. The van der Waals surface area contributed by atoms with Crippen molar-refractivity contribution >= 4 is 11.9 Å². The minimum Gasteiger partial charge on any atom is -0.466 e. The molecule has 0 aromatic carbocycles. The lowest BCUT2D eigenvalue weighted by Crippen LogP contribution is -2.45. The van der Waals surface area contributed by atoms with Crippen molar-refractivity contribution in [3.8, 4) is 0 Å². The largest absolute Gasteiger partial charge is 0.466 e. The summed E-state index contributed by atoms with van der Waals surface area (Å²) in [5.41, 5.74) is 0. The Morgan fingerprint density at radius 3 is 1.00 bits per heavy atom. The van der Waals surface area contributed by atoms with Crippen molar-refractivity contribution in [2.75, 3.05) is 13.2 Å². The van der Waals surface area contributed by atoms with Crippen LogP contribution in [0.5, 0.6) is 0 Å². The first-order valence-corrected chi connectivity index (χ1v) is 32.4. The molecule has 0 aromatic heterocycles. The summed E-state index contributed by atoms with van der Waals surface area (Å²) in [5, 5.41) is 23.4. The molecule has 1 amide bonds. The van der Waals surface area contributed by atoms with Crippen LogP contribution in [0, 0.1) is 0 Å². The molecule has 0 fully saturated rings. The van der Waals surface area contributed by atoms with Gasteiger partial charge < -0.3 is 20.3 Å². The number of carbonyl (C=O) groups excluding carboxylic acids is 2. The summed E-state index contributed by atoms with van der Waals surface area (Å²) in [6, 6.07) is -0.542.